The van der Waals surface area contributed by atoms with E-state index < -0.39 is 10.0 Å². The van der Waals surface area contributed by atoms with Gasteiger partial charge in [0, 0.05) is 19.3 Å². The fourth-order valence-electron chi connectivity index (χ4n) is 2.37. The topological polar surface area (TPSA) is 82.0 Å². The second-order valence-corrected chi connectivity index (χ2v) is 7.31. The molecule has 1 aliphatic heterocycles. The van der Waals surface area contributed by atoms with Gasteiger partial charge in [0.05, 0.1) is 10.6 Å². The van der Waals surface area contributed by atoms with E-state index in [1.54, 1.807) is 47.6 Å². The van der Waals surface area contributed by atoms with E-state index in [1.165, 1.54) is 12.1 Å². The number of hydrogen-bond donors (Lipinski definition) is 2. The van der Waals surface area contributed by atoms with Crippen molar-refractivity contribution in [1.29, 1.82) is 0 Å². The Morgan fingerprint density at radius 2 is 1.76 bits per heavy atom. The number of benzene rings is 2. The van der Waals surface area contributed by atoms with Gasteiger partial charge in [-0.25, -0.2) is 13.4 Å². The molecule has 2 N–H and O–H groups in total. The molecule has 0 atom stereocenters. The average molecular weight is 357 g/mol. The highest BCUT2D eigenvalue weighted by molar-refractivity contribution is 7.89. The fraction of sp³-hybridized carbons (Fsp3) is 0.167. The van der Waals surface area contributed by atoms with Gasteiger partial charge >= 0.3 is 0 Å². The van der Waals surface area contributed by atoms with Gasteiger partial charge in [0.2, 0.25) is 0 Å². The normalized spacial score (nSPS) is 15.7. The molecule has 0 aliphatic carbocycles. The molecule has 2 aromatic rings. The number of phenols is 1. The summed E-state index contributed by atoms with van der Waals surface area (Å²) in [7, 11) is -3.59. The van der Waals surface area contributed by atoms with E-state index in [2.05, 4.69) is 9.82 Å². The molecule has 1 aliphatic rings. The predicted octanol–water partition coefficient (Wildman–Crippen LogP) is 2.60. The largest absolute Gasteiger partial charge is 0.508 e. The van der Waals surface area contributed by atoms with Crippen LogP contribution in [0.15, 0.2) is 70.6 Å². The maximum Gasteiger partial charge on any atom is 0.253 e. The first-order valence-electron chi connectivity index (χ1n) is 7.88. The lowest BCUT2D eigenvalue weighted by Crippen LogP contribution is -2.43. The Bertz CT molecular complexity index is 873. The maximum absolute atomic E-state index is 12.4. The molecular weight excluding hydrogens is 338 g/mol. The SMILES string of the molecule is O=S(=O)(NN1CC=CCC1)c1ccc(N=Cc2ccc(O)cc2)cc1. The molecule has 0 fully saturated rings. The van der Waals surface area contributed by atoms with Gasteiger partial charge in [0.25, 0.3) is 10.0 Å². The first-order valence-corrected chi connectivity index (χ1v) is 9.37. The van der Waals surface area contributed by atoms with E-state index in [1.807, 2.05) is 12.2 Å². The lowest BCUT2D eigenvalue weighted by atomic mass is 10.2. The Balaban J connectivity index is 1.68. The Morgan fingerprint density at radius 3 is 2.40 bits per heavy atom. The van der Waals surface area contributed by atoms with Crippen molar-refractivity contribution in [3.63, 3.8) is 0 Å². The van der Waals surface area contributed by atoms with Crippen LogP contribution in [0.5, 0.6) is 5.75 Å². The molecule has 0 radical (unpaired) electrons. The van der Waals surface area contributed by atoms with Gasteiger partial charge in [-0.2, -0.15) is 0 Å². The van der Waals surface area contributed by atoms with Crippen LogP contribution >= 0.6 is 0 Å². The number of aliphatic imine (C=N–C) groups is 1. The number of hydrazine groups is 1. The molecule has 130 valence electrons. The van der Waals surface area contributed by atoms with Gasteiger partial charge in [0.15, 0.2) is 0 Å². The molecule has 2 aromatic carbocycles. The van der Waals surface area contributed by atoms with Gasteiger partial charge in [-0.05, 0) is 60.5 Å². The Morgan fingerprint density at radius 1 is 1.04 bits per heavy atom. The Kier molecular flexibility index (Phi) is 5.28. The summed E-state index contributed by atoms with van der Waals surface area (Å²) in [6.45, 7) is 1.22. The number of sulfonamides is 1. The lowest BCUT2D eigenvalue weighted by molar-refractivity contribution is 0.263. The number of aromatic hydroxyl groups is 1. The first kappa shape index (κ1) is 17.3. The minimum Gasteiger partial charge on any atom is -0.508 e. The van der Waals surface area contributed by atoms with E-state index in [9.17, 15) is 13.5 Å². The van der Waals surface area contributed by atoms with Crippen LogP contribution in [-0.2, 0) is 10.0 Å². The van der Waals surface area contributed by atoms with Crippen LogP contribution < -0.4 is 4.83 Å². The van der Waals surface area contributed by atoms with Crippen LogP contribution in [-0.4, -0.2) is 37.8 Å². The highest BCUT2D eigenvalue weighted by Crippen LogP contribution is 2.17. The zero-order chi connectivity index (χ0) is 17.7. The van der Waals surface area contributed by atoms with Crippen molar-refractivity contribution in [2.45, 2.75) is 11.3 Å². The van der Waals surface area contributed by atoms with E-state index in [0.717, 1.165) is 12.0 Å². The maximum atomic E-state index is 12.4. The highest BCUT2D eigenvalue weighted by Gasteiger charge is 2.18. The number of nitrogens with zero attached hydrogens (tertiary/aromatic N) is 2. The predicted molar refractivity (Wildman–Crippen MR) is 97.5 cm³/mol. The number of hydrogen-bond acceptors (Lipinski definition) is 5. The molecule has 3 rings (SSSR count). The smallest absolute Gasteiger partial charge is 0.253 e. The monoisotopic (exact) mass is 357 g/mol. The summed E-state index contributed by atoms with van der Waals surface area (Å²) in [6, 6.07) is 13.0. The third-order valence-electron chi connectivity index (χ3n) is 3.71. The molecule has 6 nitrogen and oxygen atoms in total. The quantitative estimate of drug-likeness (QED) is 0.637. The van der Waals surface area contributed by atoms with Crippen molar-refractivity contribution in [3.8, 4) is 5.75 Å². The highest BCUT2D eigenvalue weighted by atomic mass is 32.2. The minimum absolute atomic E-state index is 0.198. The molecule has 0 saturated heterocycles. The summed E-state index contributed by atoms with van der Waals surface area (Å²) in [6.07, 6.45) is 6.45. The van der Waals surface area contributed by atoms with Crippen LogP contribution in [0.3, 0.4) is 0 Å². The van der Waals surface area contributed by atoms with Crippen molar-refractivity contribution < 1.29 is 13.5 Å². The van der Waals surface area contributed by atoms with Gasteiger partial charge in [-0.1, -0.05) is 12.2 Å². The third-order valence-corrected chi connectivity index (χ3v) is 5.10. The molecule has 7 heteroatoms. The molecule has 1 heterocycles. The molecular formula is C18H19N3O3S. The van der Waals surface area contributed by atoms with Gasteiger partial charge in [-0.3, -0.25) is 4.99 Å². The van der Waals surface area contributed by atoms with Crippen molar-refractivity contribution in [2.24, 2.45) is 4.99 Å². The number of phenolic OH excluding ortho intramolecular Hbond substituents is 1. The summed E-state index contributed by atoms with van der Waals surface area (Å²) in [5.41, 5.74) is 1.49. The summed E-state index contributed by atoms with van der Waals surface area (Å²) in [4.78, 5) is 7.09. The van der Waals surface area contributed by atoms with Crippen molar-refractivity contribution in [1.82, 2.24) is 9.84 Å². The molecule has 0 bridgehead atoms. The number of nitrogens with one attached hydrogen (secondary N) is 1. The summed E-state index contributed by atoms with van der Waals surface area (Å²) < 4.78 is 24.8. The van der Waals surface area contributed by atoms with E-state index in [0.29, 0.717) is 18.8 Å². The van der Waals surface area contributed by atoms with Crippen molar-refractivity contribution in [3.05, 3.63) is 66.2 Å². The van der Waals surface area contributed by atoms with Crippen molar-refractivity contribution >= 4 is 21.9 Å². The van der Waals surface area contributed by atoms with E-state index in [4.69, 9.17) is 0 Å². The van der Waals surface area contributed by atoms with Gasteiger partial charge in [-0.15, -0.1) is 4.83 Å². The van der Waals surface area contributed by atoms with Crippen LogP contribution in [0.2, 0.25) is 0 Å². The molecule has 25 heavy (non-hydrogen) atoms. The second-order valence-electron chi connectivity index (χ2n) is 5.64. The van der Waals surface area contributed by atoms with E-state index in [-0.39, 0.29) is 10.6 Å². The zero-order valence-electron chi connectivity index (χ0n) is 13.5. The minimum atomic E-state index is -3.59. The lowest BCUT2D eigenvalue weighted by Gasteiger charge is -2.23. The van der Waals surface area contributed by atoms with E-state index >= 15 is 0 Å². The van der Waals surface area contributed by atoms with Crippen LogP contribution in [0.4, 0.5) is 5.69 Å². The van der Waals surface area contributed by atoms with Crippen LogP contribution in [0.1, 0.15) is 12.0 Å². The molecule has 0 aromatic heterocycles. The first-order chi connectivity index (χ1) is 12.0. The van der Waals surface area contributed by atoms with Gasteiger partial charge < -0.3 is 5.11 Å². The fourth-order valence-corrected chi connectivity index (χ4v) is 3.47. The Hall–Kier alpha value is -2.48. The number of rotatable bonds is 5. The Labute approximate surface area is 147 Å². The molecule has 0 amide bonds. The standard InChI is InChI=1S/C18H19N3O3S/c22-17-8-4-15(5-9-17)14-19-16-6-10-18(11-7-16)25(23,24)20-21-12-2-1-3-13-21/h1-2,4-11,14,20,22H,3,12-13H2. The summed E-state index contributed by atoms with van der Waals surface area (Å²) in [5, 5.41) is 10.9. The van der Waals surface area contributed by atoms with Crippen LogP contribution in [0, 0.1) is 0 Å². The molecule has 0 unspecified atom stereocenters. The third kappa shape index (κ3) is 4.76. The molecule has 0 saturated carbocycles. The van der Waals surface area contributed by atoms with Gasteiger partial charge in [0.1, 0.15) is 5.75 Å². The zero-order valence-corrected chi connectivity index (χ0v) is 14.4. The summed E-state index contributed by atoms with van der Waals surface area (Å²) in [5.74, 6) is 0.198. The average Bonchev–Trinajstić information content (AvgIpc) is 2.62. The summed E-state index contributed by atoms with van der Waals surface area (Å²) >= 11 is 0. The van der Waals surface area contributed by atoms with Crippen LogP contribution in [0.25, 0.3) is 0 Å². The second kappa shape index (κ2) is 7.60. The molecule has 0 spiro atoms. The van der Waals surface area contributed by atoms with Crippen molar-refractivity contribution in [2.75, 3.05) is 13.1 Å².